The molecule has 3 nitrogen and oxygen atoms in total. The Labute approximate surface area is 251 Å². The molecular formula is C39H23N3S. The lowest BCUT2D eigenvalue weighted by atomic mass is 9.96. The van der Waals surface area contributed by atoms with Gasteiger partial charge in [-0.05, 0) is 45.1 Å². The van der Waals surface area contributed by atoms with E-state index in [9.17, 15) is 0 Å². The SMILES string of the molecule is c1ccc(-c2nc(-c3ccc4ccccc4c3)nc(-c3cc4ccc5ccccc5c4c4sc5ccccc5c34)n2)cc1. The molecule has 0 aliphatic carbocycles. The van der Waals surface area contributed by atoms with Crippen LogP contribution >= 0.6 is 11.3 Å². The van der Waals surface area contributed by atoms with E-state index in [1.807, 2.05) is 29.5 Å². The predicted molar refractivity (Wildman–Crippen MR) is 182 cm³/mol. The molecule has 0 atom stereocenters. The second kappa shape index (κ2) is 9.55. The van der Waals surface area contributed by atoms with Crippen LogP contribution in [0.25, 0.3) is 86.7 Å². The van der Waals surface area contributed by atoms with Crippen LogP contribution in [-0.2, 0) is 0 Å². The van der Waals surface area contributed by atoms with Crippen molar-refractivity contribution in [2.24, 2.45) is 0 Å². The van der Waals surface area contributed by atoms with Crippen LogP contribution in [-0.4, -0.2) is 15.0 Å². The fourth-order valence-corrected chi connectivity index (χ4v) is 7.52. The summed E-state index contributed by atoms with van der Waals surface area (Å²) in [5.41, 5.74) is 2.96. The van der Waals surface area contributed by atoms with E-state index in [0.29, 0.717) is 17.5 Å². The highest BCUT2D eigenvalue weighted by Gasteiger charge is 2.20. The van der Waals surface area contributed by atoms with Gasteiger partial charge in [0, 0.05) is 42.2 Å². The van der Waals surface area contributed by atoms with E-state index in [2.05, 4.69) is 121 Å². The summed E-state index contributed by atoms with van der Waals surface area (Å²) >= 11 is 1.85. The predicted octanol–water partition coefficient (Wildman–Crippen LogP) is 10.7. The molecule has 4 heteroatoms. The number of thiophene rings is 1. The van der Waals surface area contributed by atoms with Crippen LogP contribution in [0, 0.1) is 0 Å². The Hall–Kier alpha value is -5.45. The molecule has 9 aromatic rings. The monoisotopic (exact) mass is 565 g/mol. The molecule has 7 aromatic carbocycles. The van der Waals surface area contributed by atoms with E-state index >= 15 is 0 Å². The Morgan fingerprint density at radius 2 is 1.02 bits per heavy atom. The zero-order valence-corrected chi connectivity index (χ0v) is 23.8. The molecule has 0 aliphatic heterocycles. The van der Waals surface area contributed by atoms with Gasteiger partial charge in [-0.15, -0.1) is 11.3 Å². The van der Waals surface area contributed by atoms with Gasteiger partial charge in [0.25, 0.3) is 0 Å². The Bertz CT molecular complexity index is 2510. The second-order valence-corrected chi connectivity index (χ2v) is 11.9. The zero-order chi connectivity index (χ0) is 28.3. The lowest BCUT2D eigenvalue weighted by Crippen LogP contribution is -2.00. The van der Waals surface area contributed by atoms with Crippen LogP contribution in [0.4, 0.5) is 0 Å². The average molecular weight is 566 g/mol. The van der Waals surface area contributed by atoms with Crippen LogP contribution in [0.2, 0.25) is 0 Å². The van der Waals surface area contributed by atoms with Gasteiger partial charge in [-0.1, -0.05) is 121 Å². The molecule has 0 fully saturated rings. The van der Waals surface area contributed by atoms with Crippen molar-refractivity contribution in [3.63, 3.8) is 0 Å². The average Bonchev–Trinajstić information content (AvgIpc) is 3.47. The van der Waals surface area contributed by atoms with E-state index < -0.39 is 0 Å². The molecule has 0 aliphatic rings. The third kappa shape index (κ3) is 3.92. The fourth-order valence-electron chi connectivity index (χ4n) is 6.23. The maximum atomic E-state index is 5.19. The summed E-state index contributed by atoms with van der Waals surface area (Å²) in [4.78, 5) is 15.4. The summed E-state index contributed by atoms with van der Waals surface area (Å²) in [6.45, 7) is 0. The maximum Gasteiger partial charge on any atom is 0.164 e. The second-order valence-electron chi connectivity index (χ2n) is 10.8. The van der Waals surface area contributed by atoms with Crippen molar-refractivity contribution in [3.05, 3.63) is 140 Å². The lowest BCUT2D eigenvalue weighted by molar-refractivity contribution is 1.08. The minimum absolute atomic E-state index is 0.667. The van der Waals surface area contributed by atoms with Crippen molar-refractivity contribution in [1.29, 1.82) is 0 Å². The van der Waals surface area contributed by atoms with Gasteiger partial charge in [0.15, 0.2) is 17.5 Å². The molecule has 0 bridgehead atoms. The number of hydrogen-bond acceptors (Lipinski definition) is 4. The maximum absolute atomic E-state index is 5.19. The summed E-state index contributed by atoms with van der Waals surface area (Å²) in [7, 11) is 0. The number of fused-ring (bicyclic) bond motifs is 8. The molecule has 2 aromatic heterocycles. The van der Waals surface area contributed by atoms with Crippen molar-refractivity contribution < 1.29 is 0 Å². The van der Waals surface area contributed by atoms with E-state index in [0.717, 1.165) is 22.1 Å². The Balaban J connectivity index is 1.39. The van der Waals surface area contributed by atoms with Crippen LogP contribution in [0.1, 0.15) is 0 Å². The Kier molecular flexibility index (Phi) is 5.37. The van der Waals surface area contributed by atoms with Gasteiger partial charge < -0.3 is 0 Å². The van der Waals surface area contributed by atoms with E-state index in [-0.39, 0.29) is 0 Å². The topological polar surface area (TPSA) is 38.7 Å². The van der Waals surface area contributed by atoms with E-state index in [1.165, 1.54) is 47.1 Å². The number of hydrogen-bond donors (Lipinski definition) is 0. The standard InChI is InChI=1S/C39H23N3S/c1-2-12-26(13-3-1)37-40-38(29-21-18-24-10-4-5-14-27(24)22-29)42-39(41-37)32-23-28-20-19-25-11-6-7-15-30(25)34(28)36-35(32)31-16-8-9-17-33(31)43-36/h1-23H. The number of rotatable bonds is 3. The summed E-state index contributed by atoms with van der Waals surface area (Å²) in [6.07, 6.45) is 0. The smallest absolute Gasteiger partial charge is 0.164 e. The number of nitrogens with zero attached hydrogens (tertiary/aromatic N) is 3. The van der Waals surface area contributed by atoms with Crippen molar-refractivity contribution in [1.82, 2.24) is 15.0 Å². The fraction of sp³-hybridized carbons (Fsp3) is 0. The van der Waals surface area contributed by atoms with Gasteiger partial charge >= 0.3 is 0 Å². The molecule has 0 saturated carbocycles. The first kappa shape index (κ1) is 24.2. The zero-order valence-electron chi connectivity index (χ0n) is 23.0. The van der Waals surface area contributed by atoms with Crippen molar-refractivity contribution in [3.8, 4) is 34.2 Å². The third-order valence-electron chi connectivity index (χ3n) is 8.27. The minimum atomic E-state index is 0.667. The highest BCUT2D eigenvalue weighted by atomic mass is 32.1. The highest BCUT2D eigenvalue weighted by Crippen LogP contribution is 2.45. The molecule has 0 N–H and O–H groups in total. The Morgan fingerprint density at radius 3 is 1.88 bits per heavy atom. The molecule has 2 heterocycles. The van der Waals surface area contributed by atoms with Crippen molar-refractivity contribution in [2.75, 3.05) is 0 Å². The lowest BCUT2D eigenvalue weighted by Gasteiger charge is -2.12. The van der Waals surface area contributed by atoms with Gasteiger partial charge in [0.2, 0.25) is 0 Å². The molecule has 43 heavy (non-hydrogen) atoms. The quantitative estimate of drug-likeness (QED) is 0.200. The molecule has 0 saturated heterocycles. The van der Waals surface area contributed by atoms with E-state index in [1.54, 1.807) is 0 Å². The molecule has 200 valence electrons. The van der Waals surface area contributed by atoms with Gasteiger partial charge in [-0.2, -0.15) is 0 Å². The molecule has 0 radical (unpaired) electrons. The van der Waals surface area contributed by atoms with Gasteiger partial charge in [0.05, 0.1) is 0 Å². The van der Waals surface area contributed by atoms with E-state index in [4.69, 9.17) is 15.0 Å². The van der Waals surface area contributed by atoms with Gasteiger partial charge in [0.1, 0.15) is 0 Å². The summed E-state index contributed by atoms with van der Waals surface area (Å²) < 4.78 is 2.52. The number of benzene rings is 7. The normalized spacial score (nSPS) is 11.7. The first-order valence-electron chi connectivity index (χ1n) is 14.4. The largest absolute Gasteiger partial charge is 0.208 e. The molecule has 0 unspecified atom stereocenters. The van der Waals surface area contributed by atoms with Crippen LogP contribution < -0.4 is 0 Å². The third-order valence-corrected chi connectivity index (χ3v) is 9.46. The molecule has 9 rings (SSSR count). The Morgan fingerprint density at radius 1 is 0.395 bits per heavy atom. The summed E-state index contributed by atoms with van der Waals surface area (Å²) in [5.74, 6) is 2.02. The minimum Gasteiger partial charge on any atom is -0.208 e. The summed E-state index contributed by atoms with van der Waals surface area (Å²) in [5, 5.41) is 9.74. The number of aromatic nitrogens is 3. The first-order chi connectivity index (χ1) is 21.3. The molecular weight excluding hydrogens is 543 g/mol. The van der Waals surface area contributed by atoms with Crippen LogP contribution in [0.5, 0.6) is 0 Å². The van der Waals surface area contributed by atoms with Crippen molar-refractivity contribution >= 4 is 63.8 Å². The first-order valence-corrected chi connectivity index (χ1v) is 15.2. The van der Waals surface area contributed by atoms with Crippen LogP contribution in [0.3, 0.4) is 0 Å². The van der Waals surface area contributed by atoms with Gasteiger partial charge in [-0.3, -0.25) is 0 Å². The van der Waals surface area contributed by atoms with Crippen LogP contribution in [0.15, 0.2) is 140 Å². The summed E-state index contributed by atoms with van der Waals surface area (Å²) in [6, 6.07) is 49.1. The van der Waals surface area contributed by atoms with Crippen molar-refractivity contribution in [2.45, 2.75) is 0 Å². The molecule has 0 spiro atoms. The highest BCUT2D eigenvalue weighted by molar-refractivity contribution is 7.27. The van der Waals surface area contributed by atoms with Gasteiger partial charge in [-0.25, -0.2) is 15.0 Å². The molecule has 0 amide bonds.